The minimum atomic E-state index is -4.46. The Kier molecular flexibility index (Phi) is 5.84. The Balaban J connectivity index is 0.00000180. The van der Waals surface area contributed by atoms with Gasteiger partial charge in [-0.1, -0.05) is 24.3 Å². The van der Waals surface area contributed by atoms with Crippen molar-refractivity contribution in [3.05, 3.63) is 54.6 Å². The van der Waals surface area contributed by atoms with E-state index < -0.39 is 10.1 Å². The van der Waals surface area contributed by atoms with Gasteiger partial charge in [0.15, 0.2) is 0 Å². The van der Waals surface area contributed by atoms with Gasteiger partial charge in [-0.05, 0) is 30.3 Å². The van der Waals surface area contributed by atoms with Crippen LogP contribution < -0.4 is 29.6 Å². The molecular formula is C12H9N2NaO3S. The van der Waals surface area contributed by atoms with Crippen molar-refractivity contribution >= 4 is 21.5 Å². The third kappa shape index (κ3) is 4.85. The standard InChI is InChI=1S/C12H10N2O3S.Na/c15-18(16,17)12-8-4-7-11(9-12)14-13-10-5-2-1-3-6-10;/h1-9H,(H,15,16,17);/q;+1/p-1. The second-order valence-electron chi connectivity index (χ2n) is 3.49. The van der Waals surface area contributed by atoms with Crippen LogP contribution in [0.25, 0.3) is 0 Å². The third-order valence-electron chi connectivity index (χ3n) is 2.14. The molecule has 0 amide bonds. The van der Waals surface area contributed by atoms with Crippen molar-refractivity contribution in [2.75, 3.05) is 0 Å². The molecule has 0 unspecified atom stereocenters. The van der Waals surface area contributed by atoms with Crippen molar-refractivity contribution in [3.63, 3.8) is 0 Å². The number of nitrogens with zero attached hydrogens (tertiary/aromatic N) is 2. The Morgan fingerprint density at radius 3 is 2.05 bits per heavy atom. The molecule has 0 spiro atoms. The van der Waals surface area contributed by atoms with E-state index in [0.29, 0.717) is 11.4 Å². The molecular weight excluding hydrogens is 275 g/mol. The van der Waals surface area contributed by atoms with E-state index in [2.05, 4.69) is 10.2 Å². The molecule has 0 aliphatic heterocycles. The molecule has 2 aromatic carbocycles. The predicted molar refractivity (Wildman–Crippen MR) is 65.0 cm³/mol. The minimum absolute atomic E-state index is 0. The molecule has 0 radical (unpaired) electrons. The van der Waals surface area contributed by atoms with Gasteiger partial charge < -0.3 is 4.55 Å². The van der Waals surface area contributed by atoms with Gasteiger partial charge in [0.05, 0.1) is 16.3 Å². The molecule has 0 heterocycles. The van der Waals surface area contributed by atoms with Crippen LogP contribution in [0.5, 0.6) is 0 Å². The smallest absolute Gasteiger partial charge is 0.744 e. The van der Waals surface area contributed by atoms with Crippen molar-refractivity contribution in [2.24, 2.45) is 10.2 Å². The second kappa shape index (κ2) is 6.93. The Labute approximate surface area is 133 Å². The second-order valence-corrected chi connectivity index (χ2v) is 4.87. The summed E-state index contributed by atoms with van der Waals surface area (Å²) >= 11 is 0. The summed E-state index contributed by atoms with van der Waals surface area (Å²) in [7, 11) is -4.46. The Hall–Kier alpha value is -1.05. The van der Waals surface area contributed by atoms with Crippen molar-refractivity contribution < 1.29 is 42.5 Å². The number of rotatable bonds is 3. The quantitative estimate of drug-likeness (QED) is 0.452. The maximum absolute atomic E-state index is 10.8. The zero-order chi connectivity index (χ0) is 13.0. The average Bonchev–Trinajstić information content (AvgIpc) is 2.37. The van der Waals surface area contributed by atoms with Crippen LogP contribution in [0.1, 0.15) is 0 Å². The van der Waals surface area contributed by atoms with Gasteiger partial charge in [-0.2, -0.15) is 10.2 Å². The zero-order valence-electron chi connectivity index (χ0n) is 10.2. The molecule has 0 N–H and O–H groups in total. The van der Waals surface area contributed by atoms with Gasteiger partial charge in [0.25, 0.3) is 0 Å². The van der Waals surface area contributed by atoms with Crippen molar-refractivity contribution in [2.45, 2.75) is 4.90 Å². The molecule has 0 bridgehead atoms. The summed E-state index contributed by atoms with van der Waals surface area (Å²) in [6.07, 6.45) is 0. The summed E-state index contributed by atoms with van der Waals surface area (Å²) in [5, 5.41) is 7.80. The maximum atomic E-state index is 10.8. The van der Waals surface area contributed by atoms with Crippen molar-refractivity contribution in [1.29, 1.82) is 0 Å². The van der Waals surface area contributed by atoms with Crippen LogP contribution in [-0.2, 0) is 10.1 Å². The molecule has 0 fully saturated rings. The monoisotopic (exact) mass is 284 g/mol. The number of azo groups is 1. The first kappa shape index (κ1) is 16.0. The van der Waals surface area contributed by atoms with Gasteiger partial charge in [0.1, 0.15) is 10.1 Å². The molecule has 0 aromatic heterocycles. The fraction of sp³-hybridized carbons (Fsp3) is 0. The largest absolute Gasteiger partial charge is 1.00 e. The molecule has 19 heavy (non-hydrogen) atoms. The third-order valence-corrected chi connectivity index (χ3v) is 2.97. The SMILES string of the molecule is O=S(=O)([O-])c1cccc(N=Nc2ccccc2)c1.[Na+]. The fourth-order valence-electron chi connectivity index (χ4n) is 1.31. The summed E-state index contributed by atoms with van der Waals surface area (Å²) < 4.78 is 32.5. The number of hydrogen-bond acceptors (Lipinski definition) is 5. The molecule has 92 valence electrons. The Morgan fingerprint density at radius 2 is 1.42 bits per heavy atom. The Morgan fingerprint density at radius 1 is 0.842 bits per heavy atom. The van der Waals surface area contributed by atoms with Crippen LogP contribution in [0.2, 0.25) is 0 Å². The van der Waals surface area contributed by atoms with Crippen LogP contribution in [0.4, 0.5) is 11.4 Å². The molecule has 0 aliphatic rings. The zero-order valence-corrected chi connectivity index (χ0v) is 13.0. The number of hydrogen-bond donors (Lipinski definition) is 0. The number of benzene rings is 2. The van der Waals surface area contributed by atoms with Gasteiger partial charge in [-0.25, -0.2) is 8.42 Å². The van der Waals surface area contributed by atoms with Gasteiger partial charge in [0.2, 0.25) is 0 Å². The Bertz CT molecular complexity index is 672. The summed E-state index contributed by atoms with van der Waals surface area (Å²) in [6, 6.07) is 14.4. The molecule has 0 atom stereocenters. The average molecular weight is 284 g/mol. The first-order valence-corrected chi connectivity index (χ1v) is 6.49. The molecule has 2 rings (SSSR count). The molecule has 5 nitrogen and oxygen atoms in total. The normalized spacial score (nSPS) is 11.2. The van der Waals surface area contributed by atoms with Crippen LogP contribution in [0, 0.1) is 0 Å². The van der Waals surface area contributed by atoms with Crippen LogP contribution in [0.3, 0.4) is 0 Å². The van der Waals surface area contributed by atoms with E-state index in [1.165, 1.54) is 18.2 Å². The summed E-state index contributed by atoms with van der Waals surface area (Å²) in [4.78, 5) is -0.313. The topological polar surface area (TPSA) is 81.9 Å². The van der Waals surface area contributed by atoms with Gasteiger partial charge in [-0.3, -0.25) is 0 Å². The summed E-state index contributed by atoms with van der Waals surface area (Å²) in [6.45, 7) is 0. The van der Waals surface area contributed by atoms with E-state index in [9.17, 15) is 13.0 Å². The van der Waals surface area contributed by atoms with E-state index >= 15 is 0 Å². The first-order chi connectivity index (χ1) is 8.55. The van der Waals surface area contributed by atoms with Gasteiger partial charge >= 0.3 is 29.6 Å². The first-order valence-electron chi connectivity index (χ1n) is 5.08. The van der Waals surface area contributed by atoms with Crippen molar-refractivity contribution in [3.8, 4) is 0 Å². The van der Waals surface area contributed by atoms with E-state index in [1.54, 1.807) is 18.2 Å². The fourth-order valence-corrected chi connectivity index (χ4v) is 1.82. The molecule has 0 saturated carbocycles. The van der Waals surface area contributed by atoms with Crippen LogP contribution >= 0.6 is 0 Å². The van der Waals surface area contributed by atoms with E-state index in [4.69, 9.17) is 0 Å². The minimum Gasteiger partial charge on any atom is -0.744 e. The molecule has 2 aromatic rings. The molecule has 0 aliphatic carbocycles. The van der Waals surface area contributed by atoms with Crippen LogP contribution in [-0.4, -0.2) is 13.0 Å². The molecule has 7 heteroatoms. The predicted octanol–water partition coefficient (Wildman–Crippen LogP) is 0.0101. The van der Waals surface area contributed by atoms with Crippen LogP contribution in [0.15, 0.2) is 69.7 Å². The van der Waals surface area contributed by atoms with E-state index in [0.717, 1.165) is 0 Å². The van der Waals surface area contributed by atoms with Gasteiger partial charge in [0, 0.05) is 0 Å². The van der Waals surface area contributed by atoms with Gasteiger partial charge in [-0.15, -0.1) is 0 Å². The van der Waals surface area contributed by atoms with E-state index in [-0.39, 0.29) is 34.5 Å². The maximum Gasteiger partial charge on any atom is 1.00 e. The summed E-state index contributed by atoms with van der Waals surface area (Å²) in [5.41, 5.74) is 0.962. The molecule has 0 saturated heterocycles. The summed E-state index contributed by atoms with van der Waals surface area (Å²) in [5.74, 6) is 0. The van der Waals surface area contributed by atoms with E-state index in [1.807, 2.05) is 18.2 Å². The van der Waals surface area contributed by atoms with Crippen molar-refractivity contribution in [1.82, 2.24) is 0 Å².